The summed E-state index contributed by atoms with van der Waals surface area (Å²) in [6.45, 7) is 3.03. The van der Waals surface area contributed by atoms with Crippen LogP contribution in [-0.4, -0.2) is 35.2 Å². The van der Waals surface area contributed by atoms with Crippen molar-refractivity contribution < 1.29 is 19.0 Å². The van der Waals surface area contributed by atoms with Gasteiger partial charge in [0.05, 0.1) is 6.10 Å². The van der Waals surface area contributed by atoms with E-state index in [9.17, 15) is 14.3 Å². The van der Waals surface area contributed by atoms with Crippen LogP contribution < -0.4 is 0 Å². The number of nitrogens with zero attached hydrogens (tertiary/aromatic N) is 1. The van der Waals surface area contributed by atoms with E-state index >= 15 is 0 Å². The predicted octanol–water partition coefficient (Wildman–Crippen LogP) is 3.66. The molecule has 1 amide bonds. The molecule has 5 heteroatoms. The Balaban J connectivity index is 1.85. The summed E-state index contributed by atoms with van der Waals surface area (Å²) in [7, 11) is 0. The van der Waals surface area contributed by atoms with Gasteiger partial charge in [0.25, 0.3) is 5.91 Å². The highest BCUT2D eigenvalue weighted by molar-refractivity contribution is 5.94. The molecule has 1 aliphatic heterocycles. The van der Waals surface area contributed by atoms with E-state index in [-0.39, 0.29) is 24.3 Å². The van der Waals surface area contributed by atoms with Crippen molar-refractivity contribution in [2.75, 3.05) is 13.2 Å². The third-order valence-electron chi connectivity index (χ3n) is 4.51. The number of amides is 1. The molecule has 3 rings (SSSR count). The van der Waals surface area contributed by atoms with Gasteiger partial charge in [-0.3, -0.25) is 4.79 Å². The number of carbonyl (C=O) groups excluding carboxylic acids is 1. The number of halogens is 1. The quantitative estimate of drug-likeness (QED) is 0.901. The minimum atomic E-state index is -0.398. The van der Waals surface area contributed by atoms with Gasteiger partial charge < -0.3 is 14.7 Å². The first-order valence-electron chi connectivity index (χ1n) is 8.48. The van der Waals surface area contributed by atoms with Crippen molar-refractivity contribution in [2.45, 2.75) is 32.4 Å². The van der Waals surface area contributed by atoms with E-state index in [4.69, 9.17) is 4.74 Å². The number of benzene rings is 2. The van der Waals surface area contributed by atoms with Gasteiger partial charge in [0, 0.05) is 30.8 Å². The molecule has 0 spiro atoms. The van der Waals surface area contributed by atoms with E-state index < -0.39 is 5.82 Å². The number of phenols is 1. The van der Waals surface area contributed by atoms with Crippen LogP contribution in [0.1, 0.15) is 34.3 Å². The largest absolute Gasteiger partial charge is 0.508 e. The highest BCUT2D eigenvalue weighted by atomic mass is 19.1. The Morgan fingerprint density at radius 3 is 2.80 bits per heavy atom. The van der Waals surface area contributed by atoms with Crippen molar-refractivity contribution in [1.29, 1.82) is 0 Å². The van der Waals surface area contributed by atoms with Gasteiger partial charge in [0.2, 0.25) is 0 Å². The molecule has 0 aromatic heterocycles. The molecule has 1 atom stereocenters. The molecule has 132 valence electrons. The monoisotopic (exact) mass is 343 g/mol. The molecule has 0 radical (unpaired) electrons. The molecule has 25 heavy (non-hydrogen) atoms. The number of ether oxygens (including phenoxy) is 1. The highest BCUT2D eigenvalue weighted by Crippen LogP contribution is 2.22. The number of rotatable bonds is 5. The number of carbonyl (C=O) groups is 1. The summed E-state index contributed by atoms with van der Waals surface area (Å²) in [6.07, 6.45) is 1.85. The van der Waals surface area contributed by atoms with Gasteiger partial charge in [-0.05, 0) is 43.5 Å². The van der Waals surface area contributed by atoms with E-state index in [1.54, 1.807) is 42.2 Å². The number of aromatic hydroxyl groups is 1. The number of para-hydroxylation sites is 1. The van der Waals surface area contributed by atoms with Crippen LogP contribution in [0.15, 0.2) is 42.5 Å². The van der Waals surface area contributed by atoms with Crippen LogP contribution in [0, 0.1) is 12.7 Å². The van der Waals surface area contributed by atoms with Crippen molar-refractivity contribution in [1.82, 2.24) is 4.90 Å². The lowest BCUT2D eigenvalue weighted by atomic mass is 10.1. The third kappa shape index (κ3) is 4.17. The first kappa shape index (κ1) is 17.4. The van der Waals surface area contributed by atoms with E-state index in [1.165, 1.54) is 6.07 Å². The van der Waals surface area contributed by atoms with Crippen LogP contribution in [0.3, 0.4) is 0 Å². The molecule has 1 saturated heterocycles. The van der Waals surface area contributed by atoms with Gasteiger partial charge in [-0.1, -0.05) is 24.3 Å². The second-order valence-electron chi connectivity index (χ2n) is 6.41. The van der Waals surface area contributed by atoms with Gasteiger partial charge >= 0.3 is 0 Å². The zero-order valence-corrected chi connectivity index (χ0v) is 14.2. The van der Waals surface area contributed by atoms with Crippen LogP contribution in [-0.2, 0) is 11.3 Å². The number of aryl methyl sites for hydroxylation is 1. The second kappa shape index (κ2) is 7.66. The normalized spacial score (nSPS) is 16.8. The van der Waals surface area contributed by atoms with E-state index in [0.29, 0.717) is 29.8 Å². The Bertz CT molecular complexity index is 756. The van der Waals surface area contributed by atoms with Crippen LogP contribution in [0.5, 0.6) is 5.75 Å². The van der Waals surface area contributed by atoms with Crippen molar-refractivity contribution in [3.05, 3.63) is 65.0 Å². The SMILES string of the molecule is Cc1ccc(C(=O)N(Cc2ccccc2O)CC2CCCO2)cc1F. The van der Waals surface area contributed by atoms with Gasteiger partial charge in [0.15, 0.2) is 0 Å². The first-order valence-corrected chi connectivity index (χ1v) is 8.48. The molecule has 1 N–H and O–H groups in total. The van der Waals surface area contributed by atoms with E-state index in [2.05, 4.69) is 0 Å². The minimum Gasteiger partial charge on any atom is -0.508 e. The van der Waals surface area contributed by atoms with Gasteiger partial charge in [-0.2, -0.15) is 0 Å². The van der Waals surface area contributed by atoms with Crippen molar-refractivity contribution in [3.8, 4) is 5.75 Å². The second-order valence-corrected chi connectivity index (χ2v) is 6.41. The molecule has 1 unspecified atom stereocenters. The molecule has 0 aliphatic carbocycles. The highest BCUT2D eigenvalue weighted by Gasteiger charge is 2.24. The Morgan fingerprint density at radius 2 is 2.12 bits per heavy atom. The molecule has 4 nitrogen and oxygen atoms in total. The van der Waals surface area contributed by atoms with Crippen LogP contribution >= 0.6 is 0 Å². The summed E-state index contributed by atoms with van der Waals surface area (Å²) in [5.41, 5.74) is 1.46. The Morgan fingerprint density at radius 1 is 1.32 bits per heavy atom. The topological polar surface area (TPSA) is 49.8 Å². The minimum absolute atomic E-state index is 0.0231. The maximum absolute atomic E-state index is 13.9. The summed E-state index contributed by atoms with van der Waals surface area (Å²) >= 11 is 0. The first-order chi connectivity index (χ1) is 12.0. The molecule has 1 fully saturated rings. The fourth-order valence-corrected chi connectivity index (χ4v) is 3.01. The summed E-state index contributed by atoms with van der Waals surface area (Å²) < 4.78 is 19.5. The summed E-state index contributed by atoms with van der Waals surface area (Å²) in [5, 5.41) is 10.0. The van der Waals surface area contributed by atoms with Crippen molar-refractivity contribution in [3.63, 3.8) is 0 Å². The third-order valence-corrected chi connectivity index (χ3v) is 4.51. The van der Waals surface area contributed by atoms with Crippen molar-refractivity contribution in [2.24, 2.45) is 0 Å². The lowest BCUT2D eigenvalue weighted by molar-refractivity contribution is 0.0505. The van der Waals surface area contributed by atoms with Crippen molar-refractivity contribution >= 4 is 5.91 Å². The lowest BCUT2D eigenvalue weighted by Gasteiger charge is -2.26. The smallest absolute Gasteiger partial charge is 0.254 e. The molecule has 1 aliphatic rings. The van der Waals surface area contributed by atoms with Crippen LogP contribution in [0.25, 0.3) is 0 Å². The fourth-order valence-electron chi connectivity index (χ4n) is 3.01. The molecule has 1 heterocycles. The number of hydrogen-bond acceptors (Lipinski definition) is 3. The van der Waals surface area contributed by atoms with Gasteiger partial charge in [0.1, 0.15) is 11.6 Å². The zero-order valence-electron chi connectivity index (χ0n) is 14.2. The Hall–Kier alpha value is -2.40. The summed E-state index contributed by atoms with van der Waals surface area (Å²) in [4.78, 5) is 14.6. The molecule has 0 bridgehead atoms. The Labute approximate surface area is 146 Å². The molecular formula is C20H22FNO3. The molecule has 0 saturated carbocycles. The standard InChI is InChI=1S/C20H22FNO3/c1-14-8-9-15(11-18(14)21)20(24)22(13-17-6-4-10-25-17)12-16-5-2-3-7-19(16)23/h2-3,5,7-9,11,17,23H,4,6,10,12-13H2,1H3. The fraction of sp³-hybridized carbons (Fsp3) is 0.350. The molecule has 2 aromatic carbocycles. The number of phenolic OH excluding ortho intramolecular Hbond substituents is 1. The molecule has 2 aromatic rings. The predicted molar refractivity (Wildman–Crippen MR) is 93.0 cm³/mol. The average molecular weight is 343 g/mol. The van der Waals surface area contributed by atoms with Crippen LogP contribution in [0.4, 0.5) is 4.39 Å². The van der Waals surface area contributed by atoms with E-state index in [0.717, 1.165) is 12.8 Å². The van der Waals surface area contributed by atoms with E-state index in [1.807, 2.05) is 6.07 Å². The lowest BCUT2D eigenvalue weighted by Crippen LogP contribution is -2.37. The maximum atomic E-state index is 13.9. The van der Waals surface area contributed by atoms with Gasteiger partial charge in [-0.15, -0.1) is 0 Å². The van der Waals surface area contributed by atoms with Gasteiger partial charge in [-0.25, -0.2) is 4.39 Å². The molecular weight excluding hydrogens is 321 g/mol. The van der Waals surface area contributed by atoms with Crippen LogP contribution in [0.2, 0.25) is 0 Å². The maximum Gasteiger partial charge on any atom is 0.254 e. The Kier molecular flexibility index (Phi) is 5.34. The zero-order chi connectivity index (χ0) is 17.8. The summed E-state index contributed by atoms with van der Waals surface area (Å²) in [6, 6.07) is 11.4. The summed E-state index contributed by atoms with van der Waals surface area (Å²) in [5.74, 6) is -0.522. The average Bonchev–Trinajstić information content (AvgIpc) is 3.11. The number of hydrogen-bond donors (Lipinski definition) is 1.